The summed E-state index contributed by atoms with van der Waals surface area (Å²) in [5, 5.41) is 0. The molecule has 3 atom stereocenters. The lowest BCUT2D eigenvalue weighted by molar-refractivity contribution is -0.0869. The summed E-state index contributed by atoms with van der Waals surface area (Å²) >= 11 is 0. The maximum atomic E-state index is 6.61. The summed E-state index contributed by atoms with van der Waals surface area (Å²) in [7, 11) is 0. The number of aryl methyl sites for hydroxylation is 1. The molecule has 0 amide bonds. The molecule has 1 aromatic heterocycles. The van der Waals surface area contributed by atoms with Gasteiger partial charge in [0.15, 0.2) is 0 Å². The average molecular weight is 260 g/mol. The SMILES string of the molecule is CC1(C(N)C2CCCc3cccnc32)CCCCO1. The van der Waals surface area contributed by atoms with E-state index in [4.69, 9.17) is 10.5 Å². The van der Waals surface area contributed by atoms with Gasteiger partial charge in [0, 0.05) is 30.5 Å². The van der Waals surface area contributed by atoms with Crippen molar-refractivity contribution in [1.82, 2.24) is 4.98 Å². The first kappa shape index (κ1) is 13.1. The molecule has 1 aromatic rings. The standard InChI is InChI=1S/C16H24N2O/c1-16(9-2-3-11-19-16)15(17)13-8-4-6-12-7-5-10-18-14(12)13/h5,7,10,13,15H,2-4,6,8-9,11,17H2,1H3. The van der Waals surface area contributed by atoms with Crippen LogP contribution in [0.5, 0.6) is 0 Å². The van der Waals surface area contributed by atoms with Crippen molar-refractivity contribution >= 4 is 0 Å². The lowest BCUT2D eigenvalue weighted by atomic mass is 9.74. The molecule has 1 aliphatic heterocycles. The van der Waals surface area contributed by atoms with Crippen molar-refractivity contribution in [2.45, 2.75) is 63.0 Å². The Balaban J connectivity index is 1.86. The van der Waals surface area contributed by atoms with Gasteiger partial charge in [-0.25, -0.2) is 0 Å². The minimum atomic E-state index is -0.172. The maximum absolute atomic E-state index is 6.61. The normalized spacial score (nSPS) is 32.6. The molecule has 0 saturated carbocycles. The molecule has 104 valence electrons. The van der Waals surface area contributed by atoms with Crippen molar-refractivity contribution in [3.05, 3.63) is 29.6 Å². The molecule has 3 rings (SSSR count). The zero-order valence-electron chi connectivity index (χ0n) is 11.8. The van der Waals surface area contributed by atoms with E-state index in [0.717, 1.165) is 25.9 Å². The number of rotatable bonds is 2. The van der Waals surface area contributed by atoms with Crippen LogP contribution in [0, 0.1) is 0 Å². The highest BCUT2D eigenvalue weighted by Crippen LogP contribution is 2.39. The summed E-state index contributed by atoms with van der Waals surface area (Å²) < 4.78 is 6.04. The highest BCUT2D eigenvalue weighted by Gasteiger charge is 2.41. The average Bonchev–Trinajstić information content (AvgIpc) is 2.47. The van der Waals surface area contributed by atoms with E-state index in [2.05, 4.69) is 18.0 Å². The van der Waals surface area contributed by atoms with Crippen molar-refractivity contribution in [3.63, 3.8) is 0 Å². The van der Waals surface area contributed by atoms with Crippen LogP contribution in [0.25, 0.3) is 0 Å². The third-order valence-electron chi connectivity index (χ3n) is 4.88. The Morgan fingerprint density at radius 2 is 2.32 bits per heavy atom. The van der Waals surface area contributed by atoms with E-state index in [1.807, 2.05) is 12.3 Å². The molecule has 3 unspecified atom stereocenters. The fourth-order valence-corrected chi connectivity index (χ4v) is 3.64. The zero-order valence-corrected chi connectivity index (χ0v) is 11.8. The van der Waals surface area contributed by atoms with Crippen LogP contribution >= 0.6 is 0 Å². The summed E-state index contributed by atoms with van der Waals surface area (Å²) in [6.45, 7) is 3.04. The largest absolute Gasteiger partial charge is 0.374 e. The smallest absolute Gasteiger partial charge is 0.0811 e. The Morgan fingerprint density at radius 3 is 3.11 bits per heavy atom. The molecule has 2 aliphatic rings. The van der Waals surface area contributed by atoms with Gasteiger partial charge in [-0.1, -0.05) is 6.07 Å². The van der Waals surface area contributed by atoms with Gasteiger partial charge in [0.2, 0.25) is 0 Å². The summed E-state index contributed by atoms with van der Waals surface area (Å²) in [4.78, 5) is 4.61. The van der Waals surface area contributed by atoms with E-state index >= 15 is 0 Å². The first-order valence-electron chi connectivity index (χ1n) is 7.54. The van der Waals surface area contributed by atoms with Gasteiger partial charge in [0.05, 0.1) is 5.60 Å². The molecular weight excluding hydrogens is 236 g/mol. The van der Waals surface area contributed by atoms with Crippen molar-refractivity contribution in [2.24, 2.45) is 5.73 Å². The van der Waals surface area contributed by atoms with Crippen LogP contribution < -0.4 is 5.73 Å². The molecule has 0 bridgehead atoms. The molecule has 2 N–H and O–H groups in total. The minimum Gasteiger partial charge on any atom is -0.374 e. The summed E-state index contributed by atoms with van der Waals surface area (Å²) in [5.74, 6) is 0.355. The van der Waals surface area contributed by atoms with E-state index in [1.165, 1.54) is 30.5 Å². The number of fused-ring (bicyclic) bond motifs is 1. The van der Waals surface area contributed by atoms with Crippen molar-refractivity contribution < 1.29 is 4.74 Å². The number of hydrogen-bond donors (Lipinski definition) is 1. The van der Waals surface area contributed by atoms with Gasteiger partial charge < -0.3 is 10.5 Å². The van der Waals surface area contributed by atoms with E-state index in [-0.39, 0.29) is 11.6 Å². The van der Waals surface area contributed by atoms with Gasteiger partial charge in [-0.3, -0.25) is 4.98 Å². The number of nitrogens with two attached hydrogens (primary N) is 1. The van der Waals surface area contributed by atoms with E-state index in [9.17, 15) is 0 Å². The van der Waals surface area contributed by atoms with Crippen molar-refractivity contribution in [1.29, 1.82) is 0 Å². The second-order valence-electron chi connectivity index (χ2n) is 6.19. The van der Waals surface area contributed by atoms with Gasteiger partial charge in [-0.15, -0.1) is 0 Å². The monoisotopic (exact) mass is 260 g/mol. The van der Waals surface area contributed by atoms with Crippen LogP contribution in [-0.4, -0.2) is 23.2 Å². The third kappa shape index (κ3) is 2.41. The molecule has 0 spiro atoms. The second-order valence-corrected chi connectivity index (χ2v) is 6.19. The topological polar surface area (TPSA) is 48.1 Å². The molecule has 0 aromatic carbocycles. The number of nitrogens with zero attached hydrogens (tertiary/aromatic N) is 1. The van der Waals surface area contributed by atoms with E-state index < -0.39 is 0 Å². The van der Waals surface area contributed by atoms with Gasteiger partial charge in [0.25, 0.3) is 0 Å². The molecular formula is C16H24N2O. The Bertz CT molecular complexity index is 440. The van der Waals surface area contributed by atoms with Crippen LogP contribution in [0.15, 0.2) is 18.3 Å². The fourth-order valence-electron chi connectivity index (χ4n) is 3.64. The molecule has 0 radical (unpaired) electrons. The van der Waals surface area contributed by atoms with E-state index in [0.29, 0.717) is 5.92 Å². The van der Waals surface area contributed by atoms with Crippen LogP contribution in [0.1, 0.15) is 56.2 Å². The molecule has 1 fully saturated rings. The fraction of sp³-hybridized carbons (Fsp3) is 0.688. The predicted octanol–water partition coefficient (Wildman–Crippen LogP) is 2.79. The van der Waals surface area contributed by atoms with Gasteiger partial charge in [0.1, 0.15) is 0 Å². The van der Waals surface area contributed by atoms with Gasteiger partial charge in [-0.05, 0) is 57.1 Å². The Hall–Kier alpha value is -0.930. The Kier molecular flexibility index (Phi) is 3.59. The zero-order chi connectivity index (χ0) is 13.3. The van der Waals surface area contributed by atoms with E-state index in [1.54, 1.807) is 0 Å². The first-order valence-corrected chi connectivity index (χ1v) is 7.54. The van der Waals surface area contributed by atoms with Crippen LogP contribution in [0.4, 0.5) is 0 Å². The lowest BCUT2D eigenvalue weighted by Crippen LogP contribution is -2.53. The second kappa shape index (κ2) is 5.22. The number of aromatic nitrogens is 1. The van der Waals surface area contributed by atoms with Gasteiger partial charge >= 0.3 is 0 Å². The molecule has 3 heteroatoms. The molecule has 1 aliphatic carbocycles. The first-order chi connectivity index (χ1) is 9.21. The van der Waals surface area contributed by atoms with Gasteiger partial charge in [-0.2, -0.15) is 0 Å². The predicted molar refractivity (Wildman–Crippen MR) is 76.1 cm³/mol. The number of pyridine rings is 1. The van der Waals surface area contributed by atoms with Crippen LogP contribution in [0.3, 0.4) is 0 Å². The quantitative estimate of drug-likeness (QED) is 0.889. The molecule has 2 heterocycles. The maximum Gasteiger partial charge on any atom is 0.0811 e. The number of ether oxygens (including phenoxy) is 1. The third-order valence-corrected chi connectivity index (χ3v) is 4.88. The Morgan fingerprint density at radius 1 is 1.42 bits per heavy atom. The highest BCUT2D eigenvalue weighted by molar-refractivity contribution is 5.28. The molecule has 1 saturated heterocycles. The molecule has 3 nitrogen and oxygen atoms in total. The summed E-state index contributed by atoms with van der Waals surface area (Å²) in [6.07, 6.45) is 8.87. The number of hydrogen-bond acceptors (Lipinski definition) is 3. The lowest BCUT2D eigenvalue weighted by Gasteiger charge is -2.43. The Labute approximate surface area is 115 Å². The highest BCUT2D eigenvalue weighted by atomic mass is 16.5. The summed E-state index contributed by atoms with van der Waals surface area (Å²) in [6, 6.07) is 4.29. The van der Waals surface area contributed by atoms with Crippen LogP contribution in [-0.2, 0) is 11.2 Å². The minimum absolute atomic E-state index is 0.0572. The van der Waals surface area contributed by atoms with Crippen LogP contribution in [0.2, 0.25) is 0 Å². The van der Waals surface area contributed by atoms with Crippen molar-refractivity contribution in [2.75, 3.05) is 6.61 Å². The van der Waals surface area contributed by atoms with Crippen molar-refractivity contribution in [3.8, 4) is 0 Å². The summed E-state index contributed by atoms with van der Waals surface area (Å²) in [5.41, 5.74) is 9.04. The molecule has 19 heavy (non-hydrogen) atoms.